The number of hydrogen-bond donors (Lipinski definition) is 2. The standard InChI is InChI=1S/C34H47F2N5O5S/c1-3-47(42,43)46-20-7-5-4-6-19-45-33-30-12-11-29(41-17-21-44-22-18-41)24-31(30)32(39-40-33)38-25(2)26-9-8-10-28(23-26)34(35,36)27-13-15-37-16-14-27/h8-12,23-25,27,37H,3-7,13-22H2,1-2H3,(H,38,39)/t25-/m1/s1. The fourth-order valence-corrected chi connectivity index (χ4v) is 6.61. The Bertz CT molecular complexity index is 1570. The molecule has 0 aliphatic carbocycles. The van der Waals surface area contributed by atoms with Crippen LogP contribution in [0.3, 0.4) is 0 Å². The van der Waals surface area contributed by atoms with Gasteiger partial charge < -0.3 is 25.0 Å². The number of anilines is 2. The van der Waals surface area contributed by atoms with Gasteiger partial charge in [-0.25, -0.2) is 8.78 Å². The molecule has 3 aromatic rings. The van der Waals surface area contributed by atoms with E-state index in [-0.39, 0.29) is 24.0 Å². The molecule has 0 spiro atoms. The number of ether oxygens (including phenoxy) is 2. The number of nitrogens with zero attached hydrogens (tertiary/aromatic N) is 3. The minimum Gasteiger partial charge on any atom is -0.476 e. The number of nitrogens with one attached hydrogen (secondary N) is 2. The monoisotopic (exact) mass is 675 g/mol. The number of alkyl halides is 2. The molecule has 5 rings (SSSR count). The van der Waals surface area contributed by atoms with Crippen LogP contribution in [-0.2, 0) is 25.0 Å². The summed E-state index contributed by atoms with van der Waals surface area (Å²) < 4.78 is 70.6. The third-order valence-corrected chi connectivity index (χ3v) is 10.2. The normalized spacial score (nSPS) is 17.1. The van der Waals surface area contributed by atoms with Crippen LogP contribution in [0.4, 0.5) is 20.3 Å². The van der Waals surface area contributed by atoms with E-state index in [1.165, 1.54) is 6.07 Å². The molecule has 0 unspecified atom stereocenters. The summed E-state index contributed by atoms with van der Waals surface area (Å²) in [5, 5.41) is 17.2. The van der Waals surface area contributed by atoms with Gasteiger partial charge in [-0.05, 0) is 88.9 Å². The first kappa shape index (κ1) is 35.2. The molecule has 10 nitrogen and oxygen atoms in total. The van der Waals surface area contributed by atoms with Crippen molar-refractivity contribution in [3.8, 4) is 5.88 Å². The average molecular weight is 676 g/mol. The molecule has 2 fully saturated rings. The van der Waals surface area contributed by atoms with Crippen molar-refractivity contribution in [2.75, 3.05) is 68.6 Å². The van der Waals surface area contributed by atoms with Crippen molar-refractivity contribution >= 4 is 32.4 Å². The van der Waals surface area contributed by atoms with E-state index in [2.05, 4.69) is 31.8 Å². The zero-order chi connectivity index (χ0) is 33.3. The topological polar surface area (TPSA) is 115 Å². The lowest BCUT2D eigenvalue weighted by Crippen LogP contribution is -2.36. The van der Waals surface area contributed by atoms with Crippen LogP contribution in [0.15, 0.2) is 42.5 Å². The first-order valence-electron chi connectivity index (χ1n) is 16.8. The van der Waals surface area contributed by atoms with Gasteiger partial charge in [0.1, 0.15) is 0 Å². The summed E-state index contributed by atoms with van der Waals surface area (Å²) in [6, 6.07) is 12.5. The molecule has 2 saturated heterocycles. The van der Waals surface area contributed by atoms with Crippen molar-refractivity contribution in [2.24, 2.45) is 5.92 Å². The predicted octanol–water partition coefficient (Wildman–Crippen LogP) is 6.04. The van der Waals surface area contributed by atoms with Gasteiger partial charge >= 0.3 is 0 Å². The molecule has 2 N–H and O–H groups in total. The summed E-state index contributed by atoms with van der Waals surface area (Å²) in [4.78, 5) is 2.26. The second kappa shape index (κ2) is 16.3. The van der Waals surface area contributed by atoms with Crippen molar-refractivity contribution in [3.63, 3.8) is 0 Å². The summed E-state index contributed by atoms with van der Waals surface area (Å²) in [5.74, 6) is -2.64. The van der Waals surface area contributed by atoms with E-state index in [0.717, 1.165) is 54.4 Å². The zero-order valence-corrected chi connectivity index (χ0v) is 28.2. The second-order valence-electron chi connectivity index (χ2n) is 12.3. The highest BCUT2D eigenvalue weighted by Crippen LogP contribution is 2.41. The van der Waals surface area contributed by atoms with Gasteiger partial charge in [-0.3, -0.25) is 4.18 Å². The number of morpholine rings is 1. The molecule has 0 radical (unpaired) electrons. The Morgan fingerprint density at radius 1 is 1.02 bits per heavy atom. The molecule has 2 aliphatic heterocycles. The van der Waals surface area contributed by atoms with Gasteiger partial charge in [0.05, 0.1) is 38.2 Å². The number of benzene rings is 2. The van der Waals surface area contributed by atoms with E-state index in [1.54, 1.807) is 19.1 Å². The molecule has 2 aliphatic rings. The Morgan fingerprint density at radius 3 is 2.51 bits per heavy atom. The first-order valence-corrected chi connectivity index (χ1v) is 18.3. The third-order valence-electron chi connectivity index (χ3n) is 8.98. The van der Waals surface area contributed by atoms with Gasteiger partial charge in [-0.15, -0.1) is 10.2 Å². The molecule has 1 aromatic heterocycles. The molecular weight excluding hydrogens is 628 g/mol. The largest absolute Gasteiger partial charge is 0.476 e. The van der Waals surface area contributed by atoms with Crippen LogP contribution in [0.5, 0.6) is 5.88 Å². The number of aromatic nitrogens is 2. The van der Waals surface area contributed by atoms with Crippen molar-refractivity contribution < 1.29 is 30.9 Å². The summed E-state index contributed by atoms with van der Waals surface area (Å²) >= 11 is 0. The molecule has 0 saturated carbocycles. The van der Waals surface area contributed by atoms with Gasteiger partial charge in [-0.1, -0.05) is 24.6 Å². The Kier molecular flexibility index (Phi) is 12.2. The summed E-state index contributed by atoms with van der Waals surface area (Å²) in [5.41, 5.74) is 1.82. The molecule has 258 valence electrons. The first-order chi connectivity index (χ1) is 22.7. The predicted molar refractivity (Wildman–Crippen MR) is 180 cm³/mol. The summed E-state index contributed by atoms with van der Waals surface area (Å²) in [7, 11) is -3.41. The lowest BCUT2D eigenvalue weighted by molar-refractivity contribution is -0.0754. The minimum atomic E-state index is -3.41. The van der Waals surface area contributed by atoms with E-state index in [4.69, 9.17) is 13.7 Å². The summed E-state index contributed by atoms with van der Waals surface area (Å²) in [6.07, 6.45) is 4.01. The highest BCUT2D eigenvalue weighted by Gasteiger charge is 2.41. The van der Waals surface area contributed by atoms with Crippen LogP contribution in [0.25, 0.3) is 10.8 Å². The molecule has 3 heterocycles. The quantitative estimate of drug-likeness (QED) is 0.138. The maximum Gasteiger partial charge on any atom is 0.276 e. The molecular formula is C34H47F2N5O5S. The Balaban J connectivity index is 1.29. The maximum atomic E-state index is 15.5. The van der Waals surface area contributed by atoms with Crippen LogP contribution < -0.4 is 20.3 Å². The van der Waals surface area contributed by atoms with Crippen molar-refractivity contribution in [3.05, 3.63) is 53.6 Å². The molecule has 47 heavy (non-hydrogen) atoms. The molecule has 0 bridgehead atoms. The van der Waals surface area contributed by atoms with E-state index < -0.39 is 22.0 Å². The fourth-order valence-electron chi connectivity index (χ4n) is 6.07. The van der Waals surface area contributed by atoms with Crippen molar-refractivity contribution in [1.82, 2.24) is 15.5 Å². The van der Waals surface area contributed by atoms with Gasteiger partial charge in [0.25, 0.3) is 16.0 Å². The highest BCUT2D eigenvalue weighted by atomic mass is 32.2. The van der Waals surface area contributed by atoms with Crippen LogP contribution >= 0.6 is 0 Å². The van der Waals surface area contributed by atoms with E-state index in [0.29, 0.717) is 63.9 Å². The molecule has 2 aromatic carbocycles. The van der Waals surface area contributed by atoms with E-state index in [9.17, 15) is 8.42 Å². The van der Waals surface area contributed by atoms with Crippen LogP contribution in [-0.4, -0.2) is 77.0 Å². The van der Waals surface area contributed by atoms with Gasteiger partial charge in [-0.2, -0.15) is 8.42 Å². The number of rotatable bonds is 16. The average Bonchev–Trinajstić information content (AvgIpc) is 3.10. The van der Waals surface area contributed by atoms with Crippen LogP contribution in [0.2, 0.25) is 0 Å². The minimum absolute atomic E-state index is 0.0261. The van der Waals surface area contributed by atoms with E-state index in [1.807, 2.05) is 25.1 Å². The van der Waals surface area contributed by atoms with Gasteiger partial charge in [0.2, 0.25) is 5.88 Å². The van der Waals surface area contributed by atoms with E-state index >= 15 is 8.78 Å². The summed E-state index contributed by atoms with van der Waals surface area (Å²) in [6.45, 7) is 8.21. The fraction of sp³-hybridized carbons (Fsp3) is 0.588. The molecule has 13 heteroatoms. The molecule has 1 atom stereocenters. The van der Waals surface area contributed by atoms with Gasteiger partial charge in [0.15, 0.2) is 5.82 Å². The van der Waals surface area contributed by atoms with Crippen molar-refractivity contribution in [1.29, 1.82) is 0 Å². The molecule has 0 amide bonds. The van der Waals surface area contributed by atoms with Crippen molar-refractivity contribution in [2.45, 2.75) is 64.3 Å². The Labute approximate surface area is 276 Å². The third kappa shape index (κ3) is 9.27. The Hall–Kier alpha value is -3.13. The highest BCUT2D eigenvalue weighted by molar-refractivity contribution is 7.86. The SMILES string of the molecule is CCS(=O)(=O)OCCCCCCOc1nnc(N[C@H](C)c2cccc(C(F)(F)C3CCNCC3)c2)c2cc(N3CCOCC3)ccc12. The lowest BCUT2D eigenvalue weighted by atomic mass is 9.86. The van der Waals surface area contributed by atoms with Crippen LogP contribution in [0, 0.1) is 5.92 Å². The lowest BCUT2D eigenvalue weighted by Gasteiger charge is -2.31. The number of unbranched alkanes of at least 4 members (excludes halogenated alkanes) is 3. The van der Waals surface area contributed by atoms with Crippen LogP contribution in [0.1, 0.15) is 69.5 Å². The number of hydrogen-bond acceptors (Lipinski definition) is 10. The smallest absolute Gasteiger partial charge is 0.276 e. The number of fused-ring (bicyclic) bond motifs is 1. The second-order valence-corrected chi connectivity index (χ2v) is 14.2. The maximum absolute atomic E-state index is 15.5. The number of piperidine rings is 1. The number of halogens is 2. The van der Waals surface area contributed by atoms with Gasteiger partial charge in [0, 0.05) is 41.0 Å². The Morgan fingerprint density at radius 2 is 1.77 bits per heavy atom. The zero-order valence-electron chi connectivity index (χ0n) is 27.3.